The molecule has 2 unspecified atom stereocenters. The number of carbonyl (C=O) groups excluding carboxylic acids is 1. The van der Waals surface area contributed by atoms with Crippen LogP contribution in [0, 0.1) is 25.7 Å². The van der Waals surface area contributed by atoms with Crippen LogP contribution in [0.5, 0.6) is 0 Å². The van der Waals surface area contributed by atoms with E-state index in [1.165, 1.54) is 12.8 Å². The van der Waals surface area contributed by atoms with Crippen molar-refractivity contribution in [3.63, 3.8) is 0 Å². The van der Waals surface area contributed by atoms with Gasteiger partial charge in [0.25, 0.3) is 5.91 Å². The molecule has 0 aromatic carbocycles. The van der Waals surface area contributed by atoms with Crippen LogP contribution in [0.4, 0.5) is 0 Å². The van der Waals surface area contributed by atoms with Gasteiger partial charge in [0.2, 0.25) is 0 Å². The minimum absolute atomic E-state index is 0.105. The summed E-state index contributed by atoms with van der Waals surface area (Å²) < 4.78 is 8.11. The summed E-state index contributed by atoms with van der Waals surface area (Å²) >= 11 is 0. The summed E-state index contributed by atoms with van der Waals surface area (Å²) in [6.45, 7) is 10.3. The number of fused-ring (bicyclic) bond motifs is 3. The quantitative estimate of drug-likeness (QED) is 0.898. The summed E-state index contributed by atoms with van der Waals surface area (Å²) in [7, 11) is 0. The highest BCUT2D eigenvalue weighted by molar-refractivity contribution is 5.98. The lowest BCUT2D eigenvalue weighted by atomic mass is 9.82. The van der Waals surface area contributed by atoms with E-state index in [4.69, 9.17) is 4.74 Å². The number of nitrogens with one attached hydrogen (secondary N) is 1. The molecule has 1 N–H and O–H groups in total. The van der Waals surface area contributed by atoms with E-state index in [1.807, 2.05) is 24.3 Å². The predicted octanol–water partition coefficient (Wildman–Crippen LogP) is 3.45. The standard InChI is InChI=1S/C21H30N4O2/c1-12-8-13(2)25-11-22-18(19(25)23-12)20(26)24-17-14-6-7-15(17)10-16(9-14)27-21(3,4)5/h8,11,14-17H,6-7,9-10H2,1-5H3,(H,24,26)/t14?,15?,16-,17+. The van der Waals surface area contributed by atoms with Gasteiger partial charge < -0.3 is 10.1 Å². The molecule has 2 aliphatic rings. The Morgan fingerprint density at radius 2 is 1.89 bits per heavy atom. The molecule has 4 rings (SSSR count). The molecule has 2 saturated carbocycles. The monoisotopic (exact) mass is 370 g/mol. The van der Waals surface area contributed by atoms with E-state index in [1.54, 1.807) is 6.33 Å². The number of hydrogen-bond acceptors (Lipinski definition) is 4. The Labute approximate surface area is 160 Å². The minimum atomic E-state index is -0.114. The Hall–Kier alpha value is -1.95. The van der Waals surface area contributed by atoms with Crippen LogP contribution in [0.1, 0.15) is 68.3 Å². The van der Waals surface area contributed by atoms with Crippen molar-refractivity contribution in [1.82, 2.24) is 19.7 Å². The highest BCUT2D eigenvalue weighted by Crippen LogP contribution is 2.44. The molecule has 2 atom stereocenters. The van der Waals surface area contributed by atoms with Gasteiger partial charge >= 0.3 is 0 Å². The molecule has 2 heterocycles. The Morgan fingerprint density at radius 1 is 1.22 bits per heavy atom. The number of hydrogen-bond donors (Lipinski definition) is 1. The van der Waals surface area contributed by atoms with Crippen molar-refractivity contribution in [3.8, 4) is 0 Å². The Kier molecular flexibility index (Phi) is 4.49. The fourth-order valence-electron chi connectivity index (χ4n) is 4.96. The van der Waals surface area contributed by atoms with E-state index in [2.05, 4.69) is 36.1 Å². The number of rotatable bonds is 3. The zero-order valence-corrected chi connectivity index (χ0v) is 17.0. The van der Waals surface area contributed by atoms with Crippen molar-refractivity contribution < 1.29 is 9.53 Å². The first-order valence-electron chi connectivity index (χ1n) is 10.0. The van der Waals surface area contributed by atoms with Gasteiger partial charge in [0.15, 0.2) is 11.3 Å². The second kappa shape index (κ2) is 6.59. The largest absolute Gasteiger partial charge is 0.373 e. The van der Waals surface area contributed by atoms with E-state index in [9.17, 15) is 4.79 Å². The molecule has 2 aromatic rings. The molecule has 27 heavy (non-hydrogen) atoms. The summed E-state index contributed by atoms with van der Waals surface area (Å²) in [5, 5.41) is 3.29. The fourth-order valence-corrected chi connectivity index (χ4v) is 4.96. The summed E-state index contributed by atoms with van der Waals surface area (Å²) in [6, 6.07) is 2.22. The van der Waals surface area contributed by atoms with Crippen LogP contribution in [0.3, 0.4) is 0 Å². The van der Waals surface area contributed by atoms with Crippen molar-refractivity contribution >= 4 is 11.6 Å². The van der Waals surface area contributed by atoms with Crippen LogP contribution in [0.2, 0.25) is 0 Å². The smallest absolute Gasteiger partial charge is 0.274 e. The Balaban J connectivity index is 1.50. The molecular weight excluding hydrogens is 340 g/mol. The number of aryl methyl sites for hydroxylation is 2. The van der Waals surface area contributed by atoms with Gasteiger partial charge in [-0.05, 0) is 78.2 Å². The third-order valence-electron chi connectivity index (χ3n) is 5.91. The SMILES string of the molecule is Cc1cc(C)n2cnc(C(=O)N[C@H]3C4CCC3C[C@H](OC(C)(C)C)C4)c2n1. The van der Waals surface area contributed by atoms with Gasteiger partial charge in [-0.3, -0.25) is 9.20 Å². The predicted molar refractivity (Wildman–Crippen MR) is 104 cm³/mol. The van der Waals surface area contributed by atoms with E-state index in [0.29, 0.717) is 29.3 Å². The zero-order valence-electron chi connectivity index (χ0n) is 17.0. The maximum Gasteiger partial charge on any atom is 0.274 e. The molecule has 2 fully saturated rings. The lowest BCUT2D eigenvalue weighted by Crippen LogP contribution is -2.47. The molecule has 0 spiro atoms. The average Bonchev–Trinajstić information content (AvgIpc) is 3.05. The van der Waals surface area contributed by atoms with Gasteiger partial charge in [-0.15, -0.1) is 0 Å². The molecule has 146 valence electrons. The number of carbonyl (C=O) groups is 1. The van der Waals surface area contributed by atoms with Crippen LogP contribution in [-0.4, -0.2) is 38.0 Å². The van der Waals surface area contributed by atoms with Crippen LogP contribution < -0.4 is 5.32 Å². The lowest BCUT2D eigenvalue weighted by molar-refractivity contribution is -0.0875. The first-order chi connectivity index (χ1) is 12.7. The normalized spacial score (nSPS) is 27.9. The van der Waals surface area contributed by atoms with Crippen molar-refractivity contribution in [2.45, 2.75) is 78.0 Å². The molecule has 2 bridgehead atoms. The molecule has 0 radical (unpaired) electrons. The highest BCUT2D eigenvalue weighted by Gasteiger charge is 2.44. The fraction of sp³-hybridized carbons (Fsp3) is 0.667. The van der Waals surface area contributed by atoms with E-state index in [-0.39, 0.29) is 17.6 Å². The van der Waals surface area contributed by atoms with E-state index in [0.717, 1.165) is 24.2 Å². The molecule has 1 amide bonds. The molecule has 2 aliphatic carbocycles. The Bertz CT molecular complexity index is 853. The van der Waals surface area contributed by atoms with Gasteiger partial charge in [0.1, 0.15) is 6.33 Å². The molecule has 6 nitrogen and oxygen atoms in total. The third kappa shape index (κ3) is 3.59. The maximum atomic E-state index is 13.0. The highest BCUT2D eigenvalue weighted by atomic mass is 16.5. The lowest BCUT2D eigenvalue weighted by Gasteiger charge is -2.38. The van der Waals surface area contributed by atoms with Gasteiger partial charge in [-0.25, -0.2) is 9.97 Å². The second-order valence-electron chi connectivity index (χ2n) is 9.25. The summed E-state index contributed by atoms with van der Waals surface area (Å²) in [5.74, 6) is 0.878. The zero-order chi connectivity index (χ0) is 19.3. The van der Waals surface area contributed by atoms with Crippen LogP contribution in [-0.2, 0) is 4.74 Å². The Morgan fingerprint density at radius 3 is 2.52 bits per heavy atom. The van der Waals surface area contributed by atoms with Crippen molar-refractivity contribution in [2.75, 3.05) is 0 Å². The number of aromatic nitrogens is 3. The molecule has 0 saturated heterocycles. The van der Waals surface area contributed by atoms with Gasteiger partial charge in [0, 0.05) is 17.4 Å². The number of nitrogens with zero attached hydrogens (tertiary/aromatic N) is 3. The van der Waals surface area contributed by atoms with Crippen LogP contribution in [0.25, 0.3) is 5.65 Å². The summed E-state index contributed by atoms with van der Waals surface area (Å²) in [6.07, 6.45) is 6.38. The number of imidazole rings is 1. The first-order valence-corrected chi connectivity index (χ1v) is 10.0. The minimum Gasteiger partial charge on any atom is -0.373 e. The van der Waals surface area contributed by atoms with Gasteiger partial charge in [-0.1, -0.05) is 0 Å². The van der Waals surface area contributed by atoms with Crippen LogP contribution in [0.15, 0.2) is 12.4 Å². The van der Waals surface area contributed by atoms with E-state index >= 15 is 0 Å². The molecular formula is C21H30N4O2. The van der Waals surface area contributed by atoms with Crippen molar-refractivity contribution in [2.24, 2.45) is 11.8 Å². The molecule has 0 aliphatic heterocycles. The number of ether oxygens (including phenoxy) is 1. The molecule has 6 heteroatoms. The second-order valence-corrected chi connectivity index (χ2v) is 9.25. The van der Waals surface area contributed by atoms with E-state index < -0.39 is 0 Å². The van der Waals surface area contributed by atoms with Crippen molar-refractivity contribution in [1.29, 1.82) is 0 Å². The number of amides is 1. The van der Waals surface area contributed by atoms with Crippen molar-refractivity contribution in [3.05, 3.63) is 29.5 Å². The third-order valence-corrected chi connectivity index (χ3v) is 5.91. The maximum absolute atomic E-state index is 13.0. The first kappa shape index (κ1) is 18.4. The summed E-state index contributed by atoms with van der Waals surface area (Å²) in [4.78, 5) is 21.9. The van der Waals surface area contributed by atoms with Gasteiger partial charge in [0.05, 0.1) is 11.7 Å². The molecule has 2 aromatic heterocycles. The van der Waals surface area contributed by atoms with Gasteiger partial charge in [-0.2, -0.15) is 0 Å². The van der Waals surface area contributed by atoms with Crippen LogP contribution >= 0.6 is 0 Å². The topological polar surface area (TPSA) is 68.5 Å². The average molecular weight is 370 g/mol. The summed E-state index contributed by atoms with van der Waals surface area (Å²) in [5.41, 5.74) is 2.88.